The van der Waals surface area contributed by atoms with E-state index in [0.29, 0.717) is 0 Å². The summed E-state index contributed by atoms with van der Waals surface area (Å²) in [5, 5.41) is 9.16. The van der Waals surface area contributed by atoms with E-state index in [1.54, 1.807) is 14.1 Å². The Morgan fingerprint density at radius 2 is 2.07 bits per heavy atom. The van der Waals surface area contributed by atoms with Crippen molar-refractivity contribution in [3.8, 4) is 0 Å². The molecule has 0 aliphatic rings. The lowest BCUT2D eigenvalue weighted by atomic mass is 9.88. The van der Waals surface area contributed by atoms with Gasteiger partial charge in [0.15, 0.2) is 0 Å². The number of nitrogens with zero attached hydrogens (tertiary/aromatic N) is 1. The van der Waals surface area contributed by atoms with E-state index in [2.05, 4.69) is 0 Å². The van der Waals surface area contributed by atoms with Gasteiger partial charge in [-0.3, -0.25) is 0 Å². The number of aliphatic hydroxyl groups excluding tert-OH is 1. The minimum atomic E-state index is -0.360. The van der Waals surface area contributed by atoms with Gasteiger partial charge in [0.25, 0.3) is 0 Å². The summed E-state index contributed by atoms with van der Waals surface area (Å²) in [5.41, 5.74) is -0.305. The monoisotopic (exact) mass is 203 g/mol. The fraction of sp³-hybridized carbons (Fsp3) is 0.900. The number of carbonyl (C=O) groups is 1. The van der Waals surface area contributed by atoms with E-state index in [9.17, 15) is 4.79 Å². The largest absolute Gasteiger partial charge is 0.449 e. The summed E-state index contributed by atoms with van der Waals surface area (Å²) < 4.78 is 5.04. The van der Waals surface area contributed by atoms with Crippen molar-refractivity contribution in [3.63, 3.8) is 0 Å². The van der Waals surface area contributed by atoms with Gasteiger partial charge in [0.1, 0.15) is 6.61 Å². The molecule has 0 saturated heterocycles. The second-order valence-corrected chi connectivity index (χ2v) is 4.17. The Morgan fingerprint density at radius 1 is 1.50 bits per heavy atom. The lowest BCUT2D eigenvalue weighted by Gasteiger charge is -2.26. The van der Waals surface area contributed by atoms with Crippen LogP contribution in [0.25, 0.3) is 0 Å². The number of amides is 1. The van der Waals surface area contributed by atoms with Crippen molar-refractivity contribution in [3.05, 3.63) is 0 Å². The molecule has 4 nitrogen and oxygen atoms in total. The Hall–Kier alpha value is -0.770. The van der Waals surface area contributed by atoms with Gasteiger partial charge in [0.05, 0.1) is 6.61 Å². The predicted octanol–water partition coefficient (Wildman–Crippen LogP) is 1.48. The molecule has 0 spiro atoms. The summed E-state index contributed by atoms with van der Waals surface area (Å²) in [6.07, 6.45) is 1.46. The third-order valence-corrected chi connectivity index (χ3v) is 2.14. The second kappa shape index (κ2) is 5.86. The van der Waals surface area contributed by atoms with Crippen LogP contribution >= 0.6 is 0 Å². The average molecular weight is 203 g/mol. The number of ether oxygens (including phenoxy) is 1. The summed E-state index contributed by atoms with van der Waals surface area (Å²) in [5.74, 6) is 0. The van der Waals surface area contributed by atoms with Crippen LogP contribution in [0.15, 0.2) is 0 Å². The highest BCUT2D eigenvalue weighted by Crippen LogP contribution is 2.22. The number of rotatable bonds is 5. The molecule has 0 aliphatic carbocycles. The van der Waals surface area contributed by atoms with E-state index in [-0.39, 0.29) is 24.7 Å². The molecule has 0 radical (unpaired) electrons. The molecular formula is C10H21NO3. The highest BCUT2D eigenvalue weighted by Gasteiger charge is 2.24. The van der Waals surface area contributed by atoms with Crippen molar-refractivity contribution >= 4 is 6.09 Å². The normalized spacial score (nSPS) is 14.6. The Labute approximate surface area is 85.9 Å². The Balaban J connectivity index is 4.00. The topological polar surface area (TPSA) is 49.8 Å². The third-order valence-electron chi connectivity index (χ3n) is 2.14. The summed E-state index contributed by atoms with van der Waals surface area (Å²) in [6.45, 7) is 4.27. The molecule has 1 amide bonds. The van der Waals surface area contributed by atoms with Crippen LogP contribution in [-0.4, -0.2) is 43.4 Å². The van der Waals surface area contributed by atoms with Crippen molar-refractivity contribution in [1.82, 2.24) is 4.90 Å². The molecule has 0 rings (SSSR count). The van der Waals surface area contributed by atoms with Crippen molar-refractivity contribution in [1.29, 1.82) is 0 Å². The fourth-order valence-electron chi connectivity index (χ4n) is 1.17. The molecule has 84 valence electrons. The van der Waals surface area contributed by atoms with Gasteiger partial charge >= 0.3 is 6.09 Å². The molecule has 0 heterocycles. The molecule has 1 N–H and O–H groups in total. The van der Waals surface area contributed by atoms with Crippen LogP contribution in [0.5, 0.6) is 0 Å². The van der Waals surface area contributed by atoms with Gasteiger partial charge in [-0.1, -0.05) is 20.3 Å². The number of hydrogen-bond donors (Lipinski definition) is 1. The van der Waals surface area contributed by atoms with E-state index in [4.69, 9.17) is 9.84 Å². The van der Waals surface area contributed by atoms with E-state index >= 15 is 0 Å². The molecule has 0 bridgehead atoms. The maximum atomic E-state index is 11.1. The minimum Gasteiger partial charge on any atom is -0.449 e. The summed E-state index contributed by atoms with van der Waals surface area (Å²) in [7, 11) is 3.27. The van der Waals surface area contributed by atoms with Gasteiger partial charge in [-0.25, -0.2) is 4.79 Å². The zero-order chi connectivity index (χ0) is 11.2. The maximum Gasteiger partial charge on any atom is 0.409 e. The van der Waals surface area contributed by atoms with Crippen molar-refractivity contribution < 1.29 is 14.6 Å². The molecular weight excluding hydrogens is 182 g/mol. The highest BCUT2D eigenvalue weighted by atomic mass is 16.6. The zero-order valence-corrected chi connectivity index (χ0v) is 9.54. The van der Waals surface area contributed by atoms with Crippen molar-refractivity contribution in [2.75, 3.05) is 27.3 Å². The molecule has 14 heavy (non-hydrogen) atoms. The van der Waals surface area contributed by atoms with Crippen LogP contribution in [0.2, 0.25) is 0 Å². The van der Waals surface area contributed by atoms with Crippen LogP contribution in [0.4, 0.5) is 4.79 Å². The Kier molecular flexibility index (Phi) is 5.53. The smallest absolute Gasteiger partial charge is 0.409 e. The first-order valence-corrected chi connectivity index (χ1v) is 4.90. The lowest BCUT2D eigenvalue weighted by molar-refractivity contribution is 0.0330. The van der Waals surface area contributed by atoms with E-state index in [1.165, 1.54) is 4.90 Å². The molecule has 0 fully saturated rings. The molecule has 4 heteroatoms. The molecule has 0 aromatic heterocycles. The summed E-state index contributed by atoms with van der Waals surface area (Å²) >= 11 is 0. The minimum absolute atomic E-state index is 0.0432. The van der Waals surface area contributed by atoms with Gasteiger partial charge in [-0.2, -0.15) is 0 Å². The predicted molar refractivity (Wildman–Crippen MR) is 55.1 cm³/mol. The standard InChI is InChI=1S/C10H21NO3/c1-5-6-10(2,7-12)8-14-9(13)11(3)4/h12H,5-8H2,1-4H3. The molecule has 0 saturated carbocycles. The van der Waals surface area contributed by atoms with E-state index < -0.39 is 0 Å². The first kappa shape index (κ1) is 13.2. The van der Waals surface area contributed by atoms with Gasteiger partial charge in [-0.05, 0) is 6.42 Å². The third kappa shape index (κ3) is 4.46. The Bertz CT molecular complexity index is 182. The summed E-state index contributed by atoms with van der Waals surface area (Å²) in [4.78, 5) is 12.5. The highest BCUT2D eigenvalue weighted by molar-refractivity contribution is 5.66. The van der Waals surface area contributed by atoms with Crippen LogP contribution in [0.1, 0.15) is 26.7 Å². The molecule has 0 aliphatic heterocycles. The van der Waals surface area contributed by atoms with Gasteiger partial charge in [0, 0.05) is 19.5 Å². The lowest BCUT2D eigenvalue weighted by Crippen LogP contribution is -2.32. The van der Waals surface area contributed by atoms with Crippen molar-refractivity contribution in [2.24, 2.45) is 5.41 Å². The summed E-state index contributed by atoms with van der Waals surface area (Å²) in [6, 6.07) is 0. The van der Waals surface area contributed by atoms with Gasteiger partial charge in [-0.15, -0.1) is 0 Å². The van der Waals surface area contributed by atoms with Crippen LogP contribution in [0, 0.1) is 5.41 Å². The van der Waals surface area contributed by atoms with Crippen LogP contribution in [0.3, 0.4) is 0 Å². The number of carbonyl (C=O) groups excluding carboxylic acids is 1. The molecule has 0 aromatic rings. The molecule has 1 atom stereocenters. The quantitative estimate of drug-likeness (QED) is 0.736. The fourth-order valence-corrected chi connectivity index (χ4v) is 1.17. The average Bonchev–Trinajstić information content (AvgIpc) is 2.14. The molecule has 0 aromatic carbocycles. The zero-order valence-electron chi connectivity index (χ0n) is 9.54. The number of hydrogen-bond acceptors (Lipinski definition) is 3. The van der Waals surface area contributed by atoms with Gasteiger partial charge in [0.2, 0.25) is 0 Å². The van der Waals surface area contributed by atoms with Gasteiger partial charge < -0.3 is 14.7 Å². The molecule has 1 unspecified atom stereocenters. The van der Waals surface area contributed by atoms with E-state index in [0.717, 1.165) is 12.8 Å². The number of aliphatic hydroxyl groups is 1. The van der Waals surface area contributed by atoms with Crippen molar-refractivity contribution in [2.45, 2.75) is 26.7 Å². The first-order valence-electron chi connectivity index (χ1n) is 4.90. The van der Waals surface area contributed by atoms with Crippen LogP contribution < -0.4 is 0 Å². The Morgan fingerprint density at radius 3 is 2.43 bits per heavy atom. The van der Waals surface area contributed by atoms with E-state index in [1.807, 2.05) is 13.8 Å². The maximum absolute atomic E-state index is 11.1. The first-order chi connectivity index (χ1) is 6.45. The SMILES string of the molecule is CCCC(C)(CO)COC(=O)N(C)C. The second-order valence-electron chi connectivity index (χ2n) is 4.17. The van der Waals surface area contributed by atoms with Crippen LogP contribution in [-0.2, 0) is 4.74 Å².